The molecule has 7 atom stereocenters. The molecule has 14 nitrogen and oxygen atoms in total. The van der Waals surface area contributed by atoms with Crippen LogP contribution in [0.5, 0.6) is 11.8 Å². The van der Waals surface area contributed by atoms with Crippen LogP contribution in [-0.2, 0) is 30.8 Å². The summed E-state index contributed by atoms with van der Waals surface area (Å²) in [6.07, 6.45) is 5.02. The highest BCUT2D eigenvalue weighted by molar-refractivity contribution is 7.91. The van der Waals surface area contributed by atoms with Gasteiger partial charge in [0.05, 0.1) is 17.9 Å². The second kappa shape index (κ2) is 15.7. The molecule has 17 heteroatoms. The summed E-state index contributed by atoms with van der Waals surface area (Å²) in [6.45, 7) is 8.29. The van der Waals surface area contributed by atoms with Crippen LogP contribution >= 0.6 is 0 Å². The number of alkyl halides is 2. The summed E-state index contributed by atoms with van der Waals surface area (Å²) in [5, 5.41) is 15.1. The summed E-state index contributed by atoms with van der Waals surface area (Å²) in [6, 6.07) is 4.48. The van der Waals surface area contributed by atoms with E-state index in [1.54, 1.807) is 19.9 Å². The average Bonchev–Trinajstić information content (AvgIpc) is 4.07. The quantitative estimate of drug-likeness (QED) is 0.254. The Bertz CT molecular complexity index is 2190. The normalized spacial score (nSPS) is 30.0. The van der Waals surface area contributed by atoms with E-state index in [4.69, 9.17) is 14.5 Å². The van der Waals surface area contributed by atoms with Crippen LogP contribution < -0.4 is 19.5 Å². The number of nitrogens with one attached hydrogen (secondary N) is 2. The molecule has 1 aromatic heterocycles. The number of aromatic nitrogens is 1. The second-order valence-corrected chi connectivity index (χ2v) is 20.6. The lowest BCUT2D eigenvalue weighted by molar-refractivity contribution is -0.157. The van der Waals surface area contributed by atoms with Crippen LogP contribution in [0.25, 0.3) is 10.8 Å². The van der Waals surface area contributed by atoms with E-state index in [0.717, 1.165) is 37.6 Å². The number of nitrogens with zero attached hydrogens (tertiary/aromatic N) is 3. The number of carbonyl (C=O) groups is 4. The van der Waals surface area contributed by atoms with E-state index in [9.17, 15) is 27.9 Å². The van der Waals surface area contributed by atoms with Gasteiger partial charge in [-0.25, -0.2) is 22.0 Å². The van der Waals surface area contributed by atoms with Crippen molar-refractivity contribution in [3.63, 3.8) is 0 Å². The first-order valence-corrected chi connectivity index (χ1v) is 22.6. The predicted molar refractivity (Wildman–Crippen MR) is 218 cm³/mol. The maximum absolute atomic E-state index is 15.5. The molecule has 3 fully saturated rings. The molecule has 2 saturated carbocycles. The van der Waals surface area contributed by atoms with Crippen LogP contribution in [0.2, 0.25) is 0 Å². The number of sulfonamides is 1. The number of carbonyl (C=O) groups excluding carboxylic acids is 3. The van der Waals surface area contributed by atoms with Crippen molar-refractivity contribution in [2.75, 3.05) is 13.2 Å². The van der Waals surface area contributed by atoms with Gasteiger partial charge in [0, 0.05) is 30.2 Å². The van der Waals surface area contributed by atoms with Crippen molar-refractivity contribution >= 4 is 44.6 Å². The molecule has 0 bridgehead atoms. The molecule has 2 aromatic rings. The molecule has 2 aliphatic carbocycles. The van der Waals surface area contributed by atoms with E-state index in [2.05, 4.69) is 10.0 Å². The van der Waals surface area contributed by atoms with Crippen LogP contribution in [0.3, 0.4) is 0 Å². The number of hydrogen-bond acceptors (Lipinski definition) is 9. The number of halogens is 2. The van der Waals surface area contributed by atoms with Gasteiger partial charge in [0.25, 0.3) is 11.8 Å². The van der Waals surface area contributed by atoms with Gasteiger partial charge in [-0.3, -0.25) is 24.0 Å². The van der Waals surface area contributed by atoms with Gasteiger partial charge in [-0.15, -0.1) is 0 Å². The smallest absolute Gasteiger partial charge is 0.408 e. The lowest BCUT2D eigenvalue weighted by Crippen LogP contribution is -2.67. The fourth-order valence-corrected chi connectivity index (χ4v) is 10.5. The van der Waals surface area contributed by atoms with E-state index in [1.165, 1.54) is 4.90 Å². The van der Waals surface area contributed by atoms with E-state index >= 15 is 13.6 Å². The minimum absolute atomic E-state index is 0.0894. The van der Waals surface area contributed by atoms with Crippen molar-refractivity contribution in [2.45, 2.75) is 146 Å². The van der Waals surface area contributed by atoms with E-state index in [1.807, 2.05) is 37.3 Å². The highest BCUT2D eigenvalue weighted by atomic mass is 32.2. The van der Waals surface area contributed by atoms with Crippen LogP contribution in [-0.4, -0.2) is 105 Å². The van der Waals surface area contributed by atoms with Crippen LogP contribution in [0, 0.1) is 17.8 Å². The summed E-state index contributed by atoms with van der Waals surface area (Å²) in [7, 11) is -4.09. The Labute approximate surface area is 349 Å². The Morgan fingerprint density at radius 2 is 1.85 bits per heavy atom. The van der Waals surface area contributed by atoms with Gasteiger partial charge in [0.15, 0.2) is 0 Å². The third-order valence-electron chi connectivity index (χ3n) is 13.8. The number of hydrogen-bond donors (Lipinski definition) is 3. The summed E-state index contributed by atoms with van der Waals surface area (Å²) < 4.78 is 71.2. The van der Waals surface area contributed by atoms with Crippen LogP contribution in [0.1, 0.15) is 105 Å². The molecule has 60 heavy (non-hydrogen) atoms. The second-order valence-electron chi connectivity index (χ2n) is 18.4. The molecular formula is C43H57F2N5O9S. The maximum atomic E-state index is 15.5. The Hall–Kier alpha value is -4.54. The zero-order valence-electron chi connectivity index (χ0n) is 35.1. The Kier molecular flexibility index (Phi) is 11.4. The maximum Gasteiger partial charge on any atom is 0.408 e. The summed E-state index contributed by atoms with van der Waals surface area (Å²) in [5.74, 6) is -6.90. The van der Waals surface area contributed by atoms with Crippen molar-refractivity contribution in [1.82, 2.24) is 24.8 Å². The number of rotatable bonds is 9. The topological polar surface area (TPSA) is 185 Å². The number of amides is 4. The molecule has 0 radical (unpaired) electrons. The van der Waals surface area contributed by atoms with Crippen molar-refractivity contribution in [1.29, 1.82) is 0 Å². The van der Waals surface area contributed by atoms with Gasteiger partial charge in [-0.2, -0.15) is 4.98 Å². The minimum Gasteiger partial charge on any atom is -0.477 e. The zero-order valence-corrected chi connectivity index (χ0v) is 35.9. The molecule has 0 unspecified atom stereocenters. The first kappa shape index (κ1) is 43.5. The summed E-state index contributed by atoms with van der Waals surface area (Å²) in [5.41, 5.74) is -3.10. The third kappa shape index (κ3) is 7.90. The van der Waals surface area contributed by atoms with Crippen molar-refractivity contribution < 1.29 is 51.0 Å². The first-order valence-electron chi connectivity index (χ1n) is 21.1. The van der Waals surface area contributed by atoms with Gasteiger partial charge < -0.3 is 24.8 Å². The number of carboxylic acid groups (broad SMARTS) is 1. The monoisotopic (exact) mass is 857 g/mol. The molecule has 3 N–H and O–H groups in total. The third-order valence-corrected chi connectivity index (χ3v) is 15.9. The predicted octanol–water partition coefficient (Wildman–Crippen LogP) is 5.97. The molecule has 4 amide bonds. The van der Waals surface area contributed by atoms with E-state index in [0.29, 0.717) is 61.8 Å². The van der Waals surface area contributed by atoms with Gasteiger partial charge in [-0.05, 0) is 95.4 Å². The van der Waals surface area contributed by atoms with Crippen molar-refractivity contribution in [3.8, 4) is 11.8 Å². The number of allylic oxidation sites excluding steroid dienone is 1. The molecular weight excluding hydrogens is 801 g/mol. The number of fused-ring (bicyclic) bond motifs is 5. The lowest BCUT2D eigenvalue weighted by Gasteiger charge is -2.47. The van der Waals surface area contributed by atoms with Crippen LogP contribution in [0.15, 0.2) is 36.4 Å². The van der Waals surface area contributed by atoms with Gasteiger partial charge in [0.1, 0.15) is 29.3 Å². The molecule has 5 aliphatic rings. The van der Waals surface area contributed by atoms with Gasteiger partial charge >= 0.3 is 6.09 Å². The highest BCUT2D eigenvalue weighted by Gasteiger charge is 2.63. The molecule has 3 aliphatic heterocycles. The van der Waals surface area contributed by atoms with E-state index in [-0.39, 0.29) is 37.6 Å². The van der Waals surface area contributed by atoms with E-state index < -0.39 is 85.6 Å². The minimum atomic E-state index is -4.09. The fraction of sp³-hybridized carbons (Fsp3) is 0.651. The number of benzene rings is 1. The Morgan fingerprint density at radius 3 is 2.50 bits per heavy atom. The first-order chi connectivity index (χ1) is 28.1. The van der Waals surface area contributed by atoms with Crippen molar-refractivity contribution in [2.24, 2.45) is 17.8 Å². The molecule has 328 valence electrons. The van der Waals surface area contributed by atoms with Crippen molar-refractivity contribution in [3.05, 3.63) is 42.0 Å². The number of pyridine rings is 1. The average molecular weight is 858 g/mol. The van der Waals surface area contributed by atoms with Crippen LogP contribution in [0.4, 0.5) is 13.6 Å². The molecule has 7 rings (SSSR count). The lowest BCUT2D eigenvalue weighted by atomic mass is 9.81. The van der Waals surface area contributed by atoms with Gasteiger partial charge in [0.2, 0.25) is 33.6 Å². The molecule has 1 saturated heterocycles. The highest BCUT2D eigenvalue weighted by Crippen LogP contribution is 2.48. The largest absolute Gasteiger partial charge is 0.477 e. The Balaban J connectivity index is 1.31. The molecule has 0 spiro atoms. The SMILES string of the molecule is CC[C@@H]1C[C@@H](C)CC/C=C\[C@@H]2C[C@@]2(C(=O)NS(=O)(=O)C2(C)CC2)NC(=O)[C@@H]2C[C@@H](Oc3nc4c(c5ccccc35)CCCO4)CN2C(=O)[C@H]1N(C(=O)O)C(C)(C)C(C)(F)F. The fourth-order valence-electron chi connectivity index (χ4n) is 9.14. The number of aryl methyl sites for hydroxylation is 1. The standard InChI is InChI=1S/C43H57F2N5O9S/c1-7-26-21-25(2)13-8-9-14-27-23-43(27,38(53)48-60(56,57)41(5)18-19-41)47-34(51)32-22-28(24-49(32)37(52)33(26)50(39(54)55)40(3,4)42(6,44)45)59-36-31-16-11-10-15-29(31)30-17-12-20-58-35(30)46-36/h9-11,14-16,25-28,32-33H,7-8,12-13,17-24H2,1-6H3,(H,47,51)(H,48,53)(H,54,55)/b14-9-/t25-,26+,27+,28+,32-,33-,43+/m0/s1. The summed E-state index contributed by atoms with van der Waals surface area (Å²) >= 11 is 0. The number of ether oxygens (including phenoxy) is 2. The molecule has 1 aromatic carbocycles. The summed E-state index contributed by atoms with van der Waals surface area (Å²) in [4.78, 5) is 63.9. The zero-order chi connectivity index (χ0) is 43.6. The Morgan fingerprint density at radius 1 is 1.15 bits per heavy atom. The van der Waals surface area contributed by atoms with Gasteiger partial charge in [-0.1, -0.05) is 50.6 Å². The molecule has 4 heterocycles.